The molecule has 25 aromatic carbocycles. The van der Waals surface area contributed by atoms with Crippen LogP contribution in [0.2, 0.25) is 0 Å². The second-order valence-electron chi connectivity index (χ2n) is 36.4. The van der Waals surface area contributed by atoms with Gasteiger partial charge in [-0.3, -0.25) is 0 Å². The largest absolute Gasteiger partial charge is 0.309 e. The SMILES string of the molecule is c1ccc(-n2c3ccccc3c3cc(-c4ccc5c(c4)c4ccccc4n5-c4ccc(-c5ccc6c(c5)-c5cc7ccccc7c7cccc-6c57)c5ccccc45)ccc32)cc1.c1ccc(-n2c3ccccc3c3cc(-c4ccc5c(c4)c4ccccc4n5-c4ccc5c(ccc6cc(-c7cc8c9ccccc9c9ccccc9c8c8c7ccc7ccccc78)ccc65)c4)ccc32)cc1. The van der Waals surface area contributed by atoms with E-state index < -0.39 is 0 Å². The van der Waals surface area contributed by atoms with E-state index in [0.717, 1.165) is 5.69 Å². The molecule has 0 spiro atoms. The monoisotopic (exact) mass is 1690 g/mol. The van der Waals surface area contributed by atoms with Crippen molar-refractivity contribution in [2.45, 2.75) is 0 Å². The molecule has 4 aromatic heterocycles. The Balaban J connectivity index is 0.000000132. The first kappa shape index (κ1) is 74.3. The van der Waals surface area contributed by atoms with Gasteiger partial charge in [-0.15, -0.1) is 0 Å². The molecule has 30 rings (SSSR count). The van der Waals surface area contributed by atoms with Crippen LogP contribution in [-0.4, -0.2) is 18.3 Å². The molecule has 0 saturated carbocycles. The fourth-order valence-electron chi connectivity index (χ4n) is 23.5. The lowest BCUT2D eigenvalue weighted by atomic mass is 9.85. The smallest absolute Gasteiger partial charge is 0.0541 e. The van der Waals surface area contributed by atoms with Crippen LogP contribution >= 0.6 is 0 Å². The molecule has 0 fully saturated rings. The minimum atomic E-state index is 1.15. The Morgan fingerprint density at radius 2 is 0.478 bits per heavy atom. The van der Waals surface area contributed by atoms with Crippen LogP contribution in [0.15, 0.2) is 473 Å². The Morgan fingerprint density at radius 3 is 1.06 bits per heavy atom. The fourth-order valence-corrected chi connectivity index (χ4v) is 23.5. The van der Waals surface area contributed by atoms with Crippen LogP contribution in [-0.2, 0) is 0 Å². The molecule has 0 saturated heterocycles. The van der Waals surface area contributed by atoms with E-state index in [2.05, 4.69) is 491 Å². The number of fused-ring (bicyclic) bond motifs is 31. The van der Waals surface area contributed by atoms with E-state index in [1.54, 1.807) is 0 Å². The molecule has 4 heterocycles. The lowest BCUT2D eigenvalue weighted by Gasteiger charge is -2.18. The summed E-state index contributed by atoms with van der Waals surface area (Å²) in [5.41, 5.74) is 29.4. The van der Waals surface area contributed by atoms with Gasteiger partial charge in [-0.05, 0) is 309 Å². The van der Waals surface area contributed by atoms with Gasteiger partial charge in [-0.2, -0.15) is 0 Å². The Kier molecular flexibility index (Phi) is 16.0. The van der Waals surface area contributed by atoms with Crippen LogP contribution in [0.1, 0.15) is 0 Å². The van der Waals surface area contributed by atoms with E-state index >= 15 is 0 Å². The first-order valence-corrected chi connectivity index (χ1v) is 46.5. The number of para-hydroxylation sites is 6. The van der Waals surface area contributed by atoms with Gasteiger partial charge in [0.2, 0.25) is 0 Å². The molecule has 1 aliphatic rings. The van der Waals surface area contributed by atoms with E-state index in [9.17, 15) is 0 Å². The molecular weight excluding hydrogens is 1620 g/mol. The van der Waals surface area contributed by atoms with E-state index in [1.165, 1.54) is 279 Å². The van der Waals surface area contributed by atoms with Gasteiger partial charge in [-0.1, -0.05) is 334 Å². The average Bonchev–Trinajstić information content (AvgIpc) is 1.56. The maximum absolute atomic E-state index is 2.47. The van der Waals surface area contributed by atoms with Gasteiger partial charge in [0.25, 0.3) is 0 Å². The number of hydrogen-bond acceptors (Lipinski definition) is 0. The zero-order chi connectivity index (χ0) is 87.5. The van der Waals surface area contributed by atoms with Crippen molar-refractivity contribution in [3.8, 4) is 89.5 Å². The molecule has 4 heteroatoms. The number of hydrogen-bond donors (Lipinski definition) is 0. The van der Waals surface area contributed by atoms with E-state index in [4.69, 9.17) is 0 Å². The molecule has 134 heavy (non-hydrogen) atoms. The van der Waals surface area contributed by atoms with Crippen molar-refractivity contribution in [1.29, 1.82) is 0 Å². The predicted octanol–water partition coefficient (Wildman–Crippen LogP) is 35.6. The Hall–Kier alpha value is -17.7. The second kappa shape index (κ2) is 28.9. The van der Waals surface area contributed by atoms with Gasteiger partial charge in [0.1, 0.15) is 0 Å². The second-order valence-corrected chi connectivity index (χ2v) is 36.4. The van der Waals surface area contributed by atoms with Gasteiger partial charge >= 0.3 is 0 Å². The van der Waals surface area contributed by atoms with E-state index in [1.807, 2.05) is 0 Å². The van der Waals surface area contributed by atoms with E-state index in [0.29, 0.717) is 0 Å². The lowest BCUT2D eigenvalue weighted by Crippen LogP contribution is -1.96. The summed E-state index contributed by atoms with van der Waals surface area (Å²) in [5, 5.41) is 35.7. The molecule has 0 aliphatic heterocycles. The minimum Gasteiger partial charge on any atom is -0.309 e. The highest BCUT2D eigenvalue weighted by atomic mass is 15.0. The third-order valence-corrected chi connectivity index (χ3v) is 29.4. The van der Waals surface area contributed by atoms with Crippen LogP contribution < -0.4 is 0 Å². The van der Waals surface area contributed by atoms with Gasteiger partial charge < -0.3 is 18.3 Å². The van der Waals surface area contributed by atoms with Crippen molar-refractivity contribution in [3.63, 3.8) is 0 Å². The molecule has 0 N–H and O–H groups in total. The third-order valence-electron chi connectivity index (χ3n) is 29.4. The van der Waals surface area contributed by atoms with Gasteiger partial charge in [-0.25, -0.2) is 0 Å². The molecular formula is C130H78N4. The quantitative estimate of drug-likeness (QED) is 0.135. The fraction of sp³-hybridized carbons (Fsp3) is 0. The zero-order valence-corrected chi connectivity index (χ0v) is 72.8. The summed E-state index contributed by atoms with van der Waals surface area (Å²) in [4.78, 5) is 0. The summed E-state index contributed by atoms with van der Waals surface area (Å²) in [6.07, 6.45) is 0. The minimum absolute atomic E-state index is 1.15. The van der Waals surface area contributed by atoms with Crippen molar-refractivity contribution in [1.82, 2.24) is 18.3 Å². The van der Waals surface area contributed by atoms with Crippen LogP contribution in [0.5, 0.6) is 0 Å². The lowest BCUT2D eigenvalue weighted by molar-refractivity contribution is 1.18. The molecule has 0 amide bonds. The average molecular weight is 1700 g/mol. The van der Waals surface area contributed by atoms with E-state index in [-0.39, 0.29) is 0 Å². The zero-order valence-electron chi connectivity index (χ0n) is 72.8. The van der Waals surface area contributed by atoms with Crippen LogP contribution in [0, 0.1) is 0 Å². The van der Waals surface area contributed by atoms with Gasteiger partial charge in [0, 0.05) is 65.5 Å². The van der Waals surface area contributed by atoms with Crippen molar-refractivity contribution in [3.05, 3.63) is 473 Å². The number of aromatic nitrogens is 4. The maximum atomic E-state index is 2.47. The van der Waals surface area contributed by atoms with Crippen molar-refractivity contribution in [2.75, 3.05) is 0 Å². The highest BCUT2D eigenvalue weighted by molar-refractivity contribution is 6.37. The number of nitrogens with zero attached hydrogens (tertiary/aromatic N) is 4. The molecule has 1 aliphatic carbocycles. The number of benzene rings is 25. The molecule has 4 nitrogen and oxygen atoms in total. The van der Waals surface area contributed by atoms with Crippen LogP contribution in [0.3, 0.4) is 0 Å². The predicted molar refractivity (Wildman–Crippen MR) is 571 cm³/mol. The molecule has 0 unspecified atom stereocenters. The summed E-state index contributed by atoms with van der Waals surface area (Å²) < 4.78 is 9.68. The van der Waals surface area contributed by atoms with Crippen molar-refractivity contribution >= 4 is 195 Å². The summed E-state index contributed by atoms with van der Waals surface area (Å²) in [7, 11) is 0. The number of rotatable bonds is 8. The van der Waals surface area contributed by atoms with Crippen LogP contribution in [0.25, 0.3) is 284 Å². The Morgan fingerprint density at radius 1 is 0.112 bits per heavy atom. The Bertz CT molecular complexity index is 10200. The molecule has 618 valence electrons. The first-order valence-electron chi connectivity index (χ1n) is 46.5. The summed E-state index contributed by atoms with van der Waals surface area (Å²) in [6, 6.07) is 176. The summed E-state index contributed by atoms with van der Waals surface area (Å²) in [5.74, 6) is 0. The third kappa shape index (κ3) is 11.0. The van der Waals surface area contributed by atoms with Crippen molar-refractivity contribution in [2.24, 2.45) is 0 Å². The standard InChI is InChI=1S/C70H42N2.C60H36N2/c1-2-15-49(16-3-1)71-65-24-12-10-21-57(65)62-40-44(30-36-67(62)71)45-31-37-68-63(41-45)58-22-11-13-25-66(58)72(68)50-32-35-52-48(39-50)27-26-46-38-47(29-33-51(46)52)61-42-64-56-20-7-6-18-54(56)55-19-8-9-23-59(55)70(64)69-53-17-5-4-14-43(53)28-34-60(61)69;1-2-14-41(15-3-1)61-55-23-10-8-19-47(55)52-33-37(26-30-58(52)61)38-27-31-59-53(34-38)48-20-9-11-24-56(48)62(59)57-32-29-43(44-17-6-7-18-46(44)57)40-25-28-45-50-22-12-21-49-42-16-5-4-13-39(42)36-54(60(49)50)51(45)35-40/h1-42H;1-36H. The summed E-state index contributed by atoms with van der Waals surface area (Å²) in [6.45, 7) is 0. The maximum Gasteiger partial charge on any atom is 0.0541 e. The first-order chi connectivity index (χ1) is 66.5. The van der Waals surface area contributed by atoms with Gasteiger partial charge in [0.15, 0.2) is 0 Å². The normalized spacial score (nSPS) is 12.2. The molecule has 0 radical (unpaired) electrons. The topological polar surface area (TPSA) is 19.7 Å². The molecule has 0 bridgehead atoms. The Labute approximate surface area is 770 Å². The van der Waals surface area contributed by atoms with Crippen LogP contribution in [0.4, 0.5) is 0 Å². The molecule has 29 aromatic rings. The van der Waals surface area contributed by atoms with Crippen molar-refractivity contribution < 1.29 is 0 Å². The highest BCUT2D eigenvalue weighted by Crippen LogP contribution is 2.53. The van der Waals surface area contributed by atoms with Gasteiger partial charge in [0.05, 0.1) is 49.8 Å². The molecule has 0 atom stereocenters. The summed E-state index contributed by atoms with van der Waals surface area (Å²) >= 11 is 0. The highest BCUT2D eigenvalue weighted by Gasteiger charge is 2.27.